The number of imidazole rings is 1. The number of rotatable bonds is 9. The van der Waals surface area contributed by atoms with Gasteiger partial charge in [0.25, 0.3) is 0 Å². The van der Waals surface area contributed by atoms with E-state index in [2.05, 4.69) is 4.98 Å². The number of hydrogen-bond donors (Lipinski definition) is 0. The standard InChI is InChI=1S/C25H23ClN2O3S2/c26-23-10-6-20(7-11-23)17-32(29)25(16-28-15-14-27-19-28)22-8-12-24(13-9-22)33(30,31)18-21-4-2-1-3-5-21/h1-15,19,25H,16-18H2. The van der Waals surface area contributed by atoms with Crippen LogP contribution in [0.25, 0.3) is 0 Å². The Kier molecular flexibility index (Phi) is 7.42. The lowest BCUT2D eigenvalue weighted by molar-refractivity contribution is 0.595. The molecule has 0 N–H and O–H groups in total. The molecular weight excluding hydrogens is 476 g/mol. The molecule has 1 aromatic heterocycles. The number of aromatic nitrogens is 2. The second kappa shape index (κ2) is 10.5. The fourth-order valence-corrected chi connectivity index (χ4v) is 6.53. The second-order valence-corrected chi connectivity index (χ2v) is 11.8. The zero-order chi connectivity index (χ0) is 23.3. The molecule has 0 spiro atoms. The minimum Gasteiger partial charge on any atom is -0.336 e. The fraction of sp³-hybridized carbons (Fsp3) is 0.160. The van der Waals surface area contributed by atoms with E-state index in [-0.39, 0.29) is 15.9 Å². The first-order chi connectivity index (χ1) is 15.9. The molecule has 170 valence electrons. The van der Waals surface area contributed by atoms with Crippen molar-refractivity contribution in [3.63, 3.8) is 0 Å². The first kappa shape index (κ1) is 23.4. The van der Waals surface area contributed by atoms with Crippen molar-refractivity contribution in [2.24, 2.45) is 0 Å². The van der Waals surface area contributed by atoms with Crippen LogP contribution in [-0.2, 0) is 38.7 Å². The van der Waals surface area contributed by atoms with Crippen molar-refractivity contribution in [1.82, 2.24) is 9.55 Å². The molecule has 0 saturated heterocycles. The van der Waals surface area contributed by atoms with Crippen molar-refractivity contribution in [3.8, 4) is 0 Å². The fourth-order valence-electron chi connectivity index (χ4n) is 3.54. The van der Waals surface area contributed by atoms with Crippen LogP contribution in [0.5, 0.6) is 0 Å². The monoisotopic (exact) mass is 498 g/mol. The smallest absolute Gasteiger partial charge is 0.182 e. The lowest BCUT2D eigenvalue weighted by atomic mass is 10.1. The molecule has 2 atom stereocenters. The molecule has 5 nitrogen and oxygen atoms in total. The molecule has 3 aromatic carbocycles. The molecule has 0 bridgehead atoms. The van der Waals surface area contributed by atoms with E-state index in [9.17, 15) is 12.6 Å². The Morgan fingerprint density at radius 3 is 2.24 bits per heavy atom. The second-order valence-electron chi connectivity index (χ2n) is 7.71. The largest absolute Gasteiger partial charge is 0.336 e. The van der Waals surface area contributed by atoms with Crippen LogP contribution in [0.15, 0.2) is 102 Å². The van der Waals surface area contributed by atoms with Crippen LogP contribution in [-0.4, -0.2) is 22.2 Å². The van der Waals surface area contributed by atoms with Gasteiger partial charge < -0.3 is 4.57 Å². The maximum atomic E-state index is 13.4. The summed E-state index contributed by atoms with van der Waals surface area (Å²) < 4.78 is 41.0. The number of hydrogen-bond acceptors (Lipinski definition) is 4. The molecule has 0 amide bonds. The van der Waals surface area contributed by atoms with Gasteiger partial charge in [0.2, 0.25) is 0 Å². The van der Waals surface area contributed by atoms with E-state index in [4.69, 9.17) is 11.6 Å². The number of sulfone groups is 1. The average molecular weight is 499 g/mol. The summed E-state index contributed by atoms with van der Waals surface area (Å²) in [4.78, 5) is 4.33. The summed E-state index contributed by atoms with van der Waals surface area (Å²) in [5, 5.41) is 0.299. The van der Waals surface area contributed by atoms with Gasteiger partial charge >= 0.3 is 0 Å². The molecule has 0 aliphatic carbocycles. The third kappa shape index (κ3) is 6.19. The summed E-state index contributed by atoms with van der Waals surface area (Å²) >= 11 is 5.97. The van der Waals surface area contributed by atoms with Crippen LogP contribution >= 0.6 is 11.6 Å². The molecule has 4 aromatic rings. The Hall–Kier alpha value is -2.74. The zero-order valence-corrected chi connectivity index (χ0v) is 20.1. The minimum atomic E-state index is -3.48. The molecule has 0 fully saturated rings. The van der Waals surface area contributed by atoms with Gasteiger partial charge in [-0.25, -0.2) is 13.4 Å². The van der Waals surface area contributed by atoms with Crippen LogP contribution in [0.1, 0.15) is 21.9 Å². The van der Waals surface area contributed by atoms with Gasteiger partial charge in [0.15, 0.2) is 9.84 Å². The Bertz CT molecular complexity index is 1310. The Balaban J connectivity index is 1.57. The zero-order valence-electron chi connectivity index (χ0n) is 17.7. The average Bonchev–Trinajstić information content (AvgIpc) is 3.33. The van der Waals surface area contributed by atoms with E-state index in [0.717, 1.165) is 16.7 Å². The van der Waals surface area contributed by atoms with Crippen LogP contribution in [0, 0.1) is 0 Å². The van der Waals surface area contributed by atoms with E-state index in [1.807, 2.05) is 41.1 Å². The summed E-state index contributed by atoms with van der Waals surface area (Å²) in [7, 11) is -4.73. The van der Waals surface area contributed by atoms with Crippen molar-refractivity contribution < 1.29 is 12.6 Å². The molecule has 0 aliphatic heterocycles. The van der Waals surface area contributed by atoms with Gasteiger partial charge in [-0.05, 0) is 41.0 Å². The van der Waals surface area contributed by atoms with Crippen molar-refractivity contribution in [3.05, 3.63) is 119 Å². The van der Waals surface area contributed by atoms with E-state index >= 15 is 0 Å². The van der Waals surface area contributed by atoms with Gasteiger partial charge in [-0.2, -0.15) is 0 Å². The molecular formula is C25H23ClN2O3S2. The Morgan fingerprint density at radius 1 is 0.909 bits per heavy atom. The summed E-state index contributed by atoms with van der Waals surface area (Å²) in [6.45, 7) is 0.469. The van der Waals surface area contributed by atoms with Crippen molar-refractivity contribution in [2.45, 2.75) is 28.2 Å². The summed E-state index contributed by atoms with van der Waals surface area (Å²) in [6.07, 6.45) is 5.19. The molecule has 0 aliphatic rings. The lowest BCUT2D eigenvalue weighted by Gasteiger charge is -2.18. The molecule has 33 heavy (non-hydrogen) atoms. The van der Waals surface area contributed by atoms with Gasteiger partial charge in [-0.3, -0.25) is 4.21 Å². The molecule has 0 saturated carbocycles. The third-order valence-electron chi connectivity index (χ3n) is 5.29. The highest BCUT2D eigenvalue weighted by Gasteiger charge is 2.22. The van der Waals surface area contributed by atoms with Crippen LogP contribution in [0.4, 0.5) is 0 Å². The SMILES string of the molecule is O=S(Cc1ccc(Cl)cc1)C(Cn1ccnc1)c1ccc(S(=O)(=O)Cc2ccccc2)cc1. The molecule has 0 radical (unpaired) electrons. The molecule has 8 heteroatoms. The van der Waals surface area contributed by atoms with Crippen LogP contribution in [0.2, 0.25) is 5.02 Å². The highest BCUT2D eigenvalue weighted by Crippen LogP contribution is 2.27. The highest BCUT2D eigenvalue weighted by molar-refractivity contribution is 7.90. The number of halogens is 1. The van der Waals surface area contributed by atoms with Crippen molar-refractivity contribution >= 4 is 32.2 Å². The number of nitrogens with zero attached hydrogens (tertiary/aromatic N) is 2. The maximum Gasteiger partial charge on any atom is 0.182 e. The van der Waals surface area contributed by atoms with Gasteiger partial charge in [0.05, 0.1) is 22.2 Å². The van der Waals surface area contributed by atoms with Gasteiger partial charge in [0, 0.05) is 40.5 Å². The van der Waals surface area contributed by atoms with E-state index < -0.39 is 20.6 Å². The van der Waals surface area contributed by atoms with Crippen LogP contribution < -0.4 is 0 Å². The van der Waals surface area contributed by atoms with E-state index in [1.54, 1.807) is 61.1 Å². The topological polar surface area (TPSA) is 69.0 Å². The Labute approximate surface area is 201 Å². The molecule has 1 heterocycles. The first-order valence-corrected chi connectivity index (χ1v) is 13.8. The predicted octanol–water partition coefficient (Wildman–Crippen LogP) is 5.20. The van der Waals surface area contributed by atoms with Gasteiger partial charge in [0.1, 0.15) is 0 Å². The predicted molar refractivity (Wildman–Crippen MR) is 132 cm³/mol. The molecule has 4 rings (SSSR count). The normalized spacial score (nSPS) is 13.5. The lowest BCUT2D eigenvalue weighted by Crippen LogP contribution is -2.15. The van der Waals surface area contributed by atoms with E-state index in [1.165, 1.54) is 0 Å². The summed E-state index contributed by atoms with van der Waals surface area (Å²) in [6, 6.07) is 23.1. The van der Waals surface area contributed by atoms with Crippen molar-refractivity contribution in [1.29, 1.82) is 0 Å². The highest BCUT2D eigenvalue weighted by atomic mass is 35.5. The van der Waals surface area contributed by atoms with E-state index in [0.29, 0.717) is 17.3 Å². The minimum absolute atomic E-state index is 0.0614. The quantitative estimate of drug-likeness (QED) is 0.318. The van der Waals surface area contributed by atoms with Crippen molar-refractivity contribution in [2.75, 3.05) is 0 Å². The van der Waals surface area contributed by atoms with Gasteiger partial charge in [-0.1, -0.05) is 66.2 Å². The Morgan fingerprint density at radius 2 is 1.61 bits per heavy atom. The third-order valence-corrected chi connectivity index (χ3v) is 8.92. The van der Waals surface area contributed by atoms with Gasteiger partial charge in [-0.15, -0.1) is 0 Å². The summed E-state index contributed by atoms with van der Waals surface area (Å²) in [5.41, 5.74) is 2.48. The first-order valence-electron chi connectivity index (χ1n) is 10.3. The van der Waals surface area contributed by atoms with Crippen LogP contribution in [0.3, 0.4) is 0 Å². The number of benzene rings is 3. The summed E-state index contributed by atoms with van der Waals surface area (Å²) in [5.74, 6) is 0.304. The molecule has 2 unspecified atom stereocenters. The maximum absolute atomic E-state index is 13.4.